The minimum Gasteiger partial charge on any atom is -0.332 e. The Bertz CT molecular complexity index is 1160. The predicted molar refractivity (Wildman–Crippen MR) is 166 cm³/mol. The first-order valence-corrected chi connectivity index (χ1v) is 15.9. The second-order valence-electron chi connectivity index (χ2n) is 10.9. The van der Waals surface area contributed by atoms with Crippen LogP contribution in [0.1, 0.15) is 27.7 Å². The number of nitrogens with one attached hydrogen (secondary N) is 2. The van der Waals surface area contributed by atoms with E-state index >= 15 is 0 Å². The van der Waals surface area contributed by atoms with Crippen molar-refractivity contribution in [3.05, 3.63) is 121 Å². The van der Waals surface area contributed by atoms with Crippen LogP contribution in [0.15, 0.2) is 121 Å². The first-order chi connectivity index (χ1) is 18.3. The summed E-state index contributed by atoms with van der Waals surface area (Å²) in [5.41, 5.74) is 0. The Balaban J connectivity index is 1.61. The summed E-state index contributed by atoms with van der Waals surface area (Å²) in [5, 5.41) is 11.6. The zero-order valence-electron chi connectivity index (χ0n) is 22.5. The smallest absolute Gasteiger partial charge is 0.315 e. The van der Waals surface area contributed by atoms with Crippen LogP contribution < -0.4 is 31.9 Å². The zero-order chi connectivity index (χ0) is 26.8. The third-order valence-electron chi connectivity index (χ3n) is 7.64. The van der Waals surface area contributed by atoms with E-state index in [1.165, 1.54) is 21.2 Å². The zero-order valence-corrected chi connectivity index (χ0v) is 24.3. The van der Waals surface area contributed by atoms with Gasteiger partial charge in [0.05, 0.1) is 12.1 Å². The fourth-order valence-electron chi connectivity index (χ4n) is 5.88. The molecule has 3 nitrogen and oxygen atoms in total. The maximum Gasteiger partial charge on any atom is 0.315 e. The van der Waals surface area contributed by atoms with Gasteiger partial charge in [-0.05, 0) is 37.1 Å². The van der Waals surface area contributed by atoms with E-state index in [1.807, 2.05) is 0 Å². The van der Waals surface area contributed by atoms with Gasteiger partial charge in [-0.1, -0.05) is 149 Å². The van der Waals surface area contributed by atoms with Gasteiger partial charge in [-0.25, -0.2) is 4.79 Å². The van der Waals surface area contributed by atoms with Crippen LogP contribution in [-0.2, 0) is 0 Å². The minimum atomic E-state index is -0.773. The van der Waals surface area contributed by atoms with Crippen LogP contribution >= 0.6 is 15.8 Å². The van der Waals surface area contributed by atoms with Crippen LogP contribution in [-0.4, -0.2) is 28.4 Å². The fourth-order valence-corrected chi connectivity index (χ4v) is 12.0. The Morgan fingerprint density at radius 1 is 0.474 bits per heavy atom. The molecule has 2 amide bonds. The van der Waals surface area contributed by atoms with Gasteiger partial charge in [0, 0.05) is 10.3 Å². The van der Waals surface area contributed by atoms with Crippen LogP contribution in [0.5, 0.6) is 0 Å². The van der Waals surface area contributed by atoms with E-state index in [4.69, 9.17) is 0 Å². The molecule has 2 atom stereocenters. The lowest BCUT2D eigenvalue weighted by molar-refractivity contribution is 0.246. The highest BCUT2D eigenvalue weighted by Crippen LogP contribution is 2.56. The van der Waals surface area contributed by atoms with Crippen molar-refractivity contribution in [1.29, 1.82) is 0 Å². The number of carbonyl (C=O) groups excluding carboxylic acids is 1. The largest absolute Gasteiger partial charge is 0.332 e. The molecule has 194 valence electrons. The van der Waals surface area contributed by atoms with Gasteiger partial charge < -0.3 is 10.6 Å². The number of benzene rings is 4. The lowest BCUT2D eigenvalue weighted by Gasteiger charge is -2.48. The number of carbonyl (C=O) groups is 1. The van der Waals surface area contributed by atoms with Crippen molar-refractivity contribution in [2.24, 2.45) is 0 Å². The van der Waals surface area contributed by atoms with Crippen LogP contribution in [0.25, 0.3) is 0 Å². The van der Waals surface area contributed by atoms with Crippen molar-refractivity contribution >= 4 is 43.1 Å². The fraction of sp³-hybridized carbons (Fsp3) is 0.242. The molecule has 0 bridgehead atoms. The van der Waals surface area contributed by atoms with E-state index in [0.717, 1.165) is 0 Å². The highest BCUT2D eigenvalue weighted by atomic mass is 31.1. The number of hydrogen-bond acceptors (Lipinski definition) is 1. The van der Waals surface area contributed by atoms with E-state index in [9.17, 15) is 4.79 Å². The van der Waals surface area contributed by atoms with Crippen molar-refractivity contribution in [3.63, 3.8) is 0 Å². The van der Waals surface area contributed by atoms with E-state index < -0.39 is 15.8 Å². The number of rotatable bonds is 8. The number of amides is 2. The topological polar surface area (TPSA) is 41.1 Å². The molecule has 0 saturated carbocycles. The lowest BCUT2D eigenvalue weighted by atomic mass is 9.89. The summed E-state index contributed by atoms with van der Waals surface area (Å²) in [7, 11) is -1.55. The Labute approximate surface area is 229 Å². The van der Waals surface area contributed by atoms with E-state index in [0.29, 0.717) is 0 Å². The molecule has 4 aromatic rings. The molecule has 1 fully saturated rings. The highest BCUT2D eigenvalue weighted by Gasteiger charge is 2.54. The lowest BCUT2D eigenvalue weighted by Crippen LogP contribution is -2.59. The Hall–Kier alpha value is -2.99. The minimum absolute atomic E-state index is 0.0612. The van der Waals surface area contributed by atoms with E-state index in [1.54, 1.807) is 0 Å². The summed E-state index contributed by atoms with van der Waals surface area (Å²) in [6, 6.07) is 43.0. The molecule has 5 heteroatoms. The van der Waals surface area contributed by atoms with Crippen molar-refractivity contribution in [2.75, 3.05) is 0 Å². The Morgan fingerprint density at radius 3 is 0.947 bits per heavy atom. The van der Waals surface area contributed by atoms with Crippen molar-refractivity contribution in [2.45, 2.75) is 50.1 Å². The van der Waals surface area contributed by atoms with E-state index in [-0.39, 0.29) is 28.4 Å². The molecule has 0 radical (unpaired) electrons. The Morgan fingerprint density at radius 2 is 0.711 bits per heavy atom. The van der Waals surface area contributed by atoms with Gasteiger partial charge in [0.25, 0.3) is 0 Å². The molecule has 1 aliphatic heterocycles. The summed E-state index contributed by atoms with van der Waals surface area (Å²) in [5.74, 6) is 0. The quantitative estimate of drug-likeness (QED) is 0.271. The molecule has 1 saturated heterocycles. The van der Waals surface area contributed by atoms with Gasteiger partial charge in [-0.2, -0.15) is 0 Å². The van der Waals surface area contributed by atoms with Gasteiger partial charge in [-0.15, -0.1) is 0 Å². The second kappa shape index (κ2) is 11.0. The monoisotopic (exact) mass is 538 g/mol. The average molecular weight is 539 g/mol. The maximum atomic E-state index is 13.1. The molecular weight excluding hydrogens is 502 g/mol. The van der Waals surface area contributed by atoms with Crippen LogP contribution in [0.4, 0.5) is 4.79 Å². The Kier molecular flexibility index (Phi) is 7.71. The van der Waals surface area contributed by atoms with Crippen LogP contribution in [0.3, 0.4) is 0 Å². The predicted octanol–water partition coefficient (Wildman–Crippen LogP) is 5.86. The van der Waals surface area contributed by atoms with Gasteiger partial charge in [0.1, 0.15) is 0 Å². The van der Waals surface area contributed by atoms with Gasteiger partial charge in [0.2, 0.25) is 0 Å². The molecule has 4 aromatic carbocycles. The first-order valence-electron chi connectivity index (χ1n) is 13.2. The van der Waals surface area contributed by atoms with Crippen molar-refractivity contribution in [3.8, 4) is 0 Å². The SMILES string of the molecule is CC(C)([C@H]1NC(=O)N[C@@H]1C(C)(C)P(c1ccccc1)c1ccccc1)P(c1ccccc1)c1ccccc1. The van der Waals surface area contributed by atoms with Crippen molar-refractivity contribution in [1.82, 2.24) is 10.6 Å². The molecule has 0 aliphatic carbocycles. The third-order valence-corrected chi connectivity index (χ3v) is 13.8. The normalized spacial score (nSPS) is 17.9. The van der Waals surface area contributed by atoms with Gasteiger partial charge >= 0.3 is 6.03 Å². The summed E-state index contributed by atoms with van der Waals surface area (Å²) in [4.78, 5) is 13.1. The van der Waals surface area contributed by atoms with Gasteiger partial charge in [-0.3, -0.25) is 0 Å². The maximum absolute atomic E-state index is 13.1. The molecule has 0 spiro atoms. The first kappa shape index (κ1) is 26.6. The van der Waals surface area contributed by atoms with Crippen molar-refractivity contribution < 1.29 is 4.79 Å². The third kappa shape index (κ3) is 5.15. The summed E-state index contributed by atoms with van der Waals surface area (Å²) in [6.07, 6.45) is 0. The molecule has 5 rings (SSSR count). The molecule has 1 heterocycles. The highest BCUT2D eigenvalue weighted by molar-refractivity contribution is 7.75. The summed E-state index contributed by atoms with van der Waals surface area (Å²) in [6.45, 7) is 9.36. The molecule has 0 unspecified atom stereocenters. The summed E-state index contributed by atoms with van der Waals surface area (Å²) < 4.78 is 0. The molecule has 1 aliphatic rings. The molecular formula is C33H36N2OP2. The standard InChI is InChI=1S/C33H36N2OP2/c1-32(2,37(25-17-9-5-10-18-25)26-19-11-6-12-20-26)29-30(35-31(36)34-29)33(3,4)38(27-21-13-7-14-22-27)28-23-15-8-16-24-28/h5-24,29-30H,1-4H3,(H2,34,35,36)/t29-,30-/m0/s1. The average Bonchev–Trinajstić information content (AvgIpc) is 3.35. The number of urea groups is 1. The van der Waals surface area contributed by atoms with Crippen LogP contribution in [0.2, 0.25) is 0 Å². The summed E-state index contributed by atoms with van der Waals surface area (Å²) >= 11 is 0. The molecule has 2 N–H and O–H groups in total. The molecule has 38 heavy (non-hydrogen) atoms. The number of hydrogen-bond donors (Lipinski definition) is 2. The second-order valence-corrected chi connectivity index (χ2v) is 16.6. The molecule has 0 aromatic heterocycles. The van der Waals surface area contributed by atoms with Crippen LogP contribution in [0, 0.1) is 0 Å². The van der Waals surface area contributed by atoms with E-state index in [2.05, 4.69) is 160 Å². The van der Waals surface area contributed by atoms with Gasteiger partial charge in [0.15, 0.2) is 0 Å².